The molecule has 4 nitrogen and oxygen atoms in total. The summed E-state index contributed by atoms with van der Waals surface area (Å²) in [5, 5.41) is 2.65. The van der Waals surface area contributed by atoms with Gasteiger partial charge in [-0.25, -0.2) is 4.39 Å². The molecule has 0 aromatic heterocycles. The lowest BCUT2D eigenvalue weighted by molar-refractivity contribution is -0.127. The number of carbonyl (C=O) groups is 2. The minimum Gasteiger partial charge on any atom is -0.345 e. The Bertz CT molecular complexity index is 551. The molecule has 1 saturated heterocycles. The fraction of sp³-hybridized carbons (Fsp3) is 0.333. The average Bonchev–Trinajstić information content (AvgIpc) is 2.67. The summed E-state index contributed by atoms with van der Waals surface area (Å²) in [6.45, 7) is 0.327. The number of likely N-dealkylation sites (tertiary alicyclic amines) is 1. The largest absolute Gasteiger partial charge is 0.345 e. The first-order valence-corrected chi connectivity index (χ1v) is 6.33. The molecule has 0 saturated carbocycles. The molecule has 1 heterocycles. The molecule has 1 atom stereocenters. The van der Waals surface area contributed by atoms with Crippen LogP contribution in [0.1, 0.15) is 6.42 Å². The highest BCUT2D eigenvalue weighted by Gasteiger charge is 2.32. The number of benzene rings is 1. The van der Waals surface area contributed by atoms with Gasteiger partial charge in [-0.15, -0.1) is 0 Å². The highest BCUT2D eigenvalue weighted by atomic mass is 35.5. The Morgan fingerprint density at radius 3 is 2.63 bits per heavy atom. The molecule has 7 heteroatoms. The second-order valence-corrected chi connectivity index (χ2v) is 5.23. The Balaban J connectivity index is 2.12. The molecule has 1 aromatic rings. The van der Waals surface area contributed by atoms with Crippen LogP contribution < -0.4 is 5.32 Å². The SMILES string of the molecule is CN1CC(C(=O)Nc2cc(Cl)c(Cl)cc2F)CC1=O. The van der Waals surface area contributed by atoms with Gasteiger partial charge in [0.1, 0.15) is 5.82 Å². The third-order valence-corrected chi connectivity index (χ3v) is 3.70. The third-order valence-electron chi connectivity index (χ3n) is 2.98. The van der Waals surface area contributed by atoms with Crippen LogP contribution in [0.25, 0.3) is 0 Å². The monoisotopic (exact) mass is 304 g/mol. The second kappa shape index (κ2) is 5.35. The minimum absolute atomic E-state index is 0.0404. The van der Waals surface area contributed by atoms with E-state index in [9.17, 15) is 14.0 Å². The number of nitrogens with zero attached hydrogens (tertiary/aromatic N) is 1. The van der Waals surface area contributed by atoms with Crippen LogP contribution in [0.4, 0.5) is 10.1 Å². The Labute approximate surface area is 119 Å². The number of hydrogen-bond donors (Lipinski definition) is 1. The Morgan fingerprint density at radius 1 is 1.42 bits per heavy atom. The average molecular weight is 305 g/mol. The molecule has 0 bridgehead atoms. The van der Waals surface area contributed by atoms with Crippen molar-refractivity contribution < 1.29 is 14.0 Å². The molecule has 2 amide bonds. The Hall–Kier alpha value is -1.33. The molecule has 19 heavy (non-hydrogen) atoms. The second-order valence-electron chi connectivity index (χ2n) is 4.41. The number of nitrogens with one attached hydrogen (secondary N) is 1. The number of rotatable bonds is 2. The predicted molar refractivity (Wildman–Crippen MR) is 70.8 cm³/mol. The Morgan fingerprint density at radius 2 is 2.05 bits per heavy atom. The fourth-order valence-corrected chi connectivity index (χ4v) is 2.21. The maximum Gasteiger partial charge on any atom is 0.229 e. The van der Waals surface area contributed by atoms with Crippen LogP contribution in [-0.2, 0) is 9.59 Å². The highest BCUT2D eigenvalue weighted by Crippen LogP contribution is 2.28. The van der Waals surface area contributed by atoms with Gasteiger partial charge < -0.3 is 10.2 Å². The van der Waals surface area contributed by atoms with Gasteiger partial charge in [0.05, 0.1) is 21.7 Å². The summed E-state index contributed by atoms with van der Waals surface area (Å²) in [5.74, 6) is -1.66. The van der Waals surface area contributed by atoms with E-state index in [2.05, 4.69) is 5.32 Å². The fourth-order valence-electron chi connectivity index (χ4n) is 1.89. The van der Waals surface area contributed by atoms with Crippen molar-refractivity contribution in [2.45, 2.75) is 6.42 Å². The van der Waals surface area contributed by atoms with Gasteiger partial charge in [0.15, 0.2) is 0 Å². The van der Waals surface area contributed by atoms with Crippen LogP contribution in [0, 0.1) is 11.7 Å². The van der Waals surface area contributed by atoms with Crippen molar-refractivity contribution >= 4 is 40.7 Å². The van der Waals surface area contributed by atoms with E-state index < -0.39 is 17.6 Å². The molecular formula is C12H11Cl2FN2O2. The van der Waals surface area contributed by atoms with Crippen LogP contribution in [0.15, 0.2) is 12.1 Å². The van der Waals surface area contributed by atoms with E-state index in [1.165, 1.54) is 11.0 Å². The molecule has 1 N–H and O–H groups in total. The van der Waals surface area contributed by atoms with Crippen LogP contribution in [0.2, 0.25) is 10.0 Å². The van der Waals surface area contributed by atoms with Crippen LogP contribution in [0.5, 0.6) is 0 Å². The van der Waals surface area contributed by atoms with E-state index in [0.717, 1.165) is 6.07 Å². The van der Waals surface area contributed by atoms with Crippen LogP contribution in [-0.4, -0.2) is 30.3 Å². The molecule has 1 aromatic carbocycles. The van der Waals surface area contributed by atoms with E-state index in [0.29, 0.717) is 6.54 Å². The maximum atomic E-state index is 13.6. The highest BCUT2D eigenvalue weighted by molar-refractivity contribution is 6.42. The van der Waals surface area contributed by atoms with Gasteiger partial charge in [0, 0.05) is 20.0 Å². The van der Waals surface area contributed by atoms with Gasteiger partial charge in [0.25, 0.3) is 0 Å². The normalized spacial score (nSPS) is 18.8. The van der Waals surface area contributed by atoms with Crippen molar-refractivity contribution in [3.05, 3.63) is 28.0 Å². The zero-order valence-corrected chi connectivity index (χ0v) is 11.6. The van der Waals surface area contributed by atoms with Crippen LogP contribution in [0.3, 0.4) is 0 Å². The molecule has 1 aliphatic rings. The topological polar surface area (TPSA) is 49.4 Å². The first-order chi connectivity index (χ1) is 8.88. The van der Waals surface area contributed by atoms with Crippen molar-refractivity contribution in [3.63, 3.8) is 0 Å². The van der Waals surface area contributed by atoms with Gasteiger partial charge in [-0.05, 0) is 12.1 Å². The lowest BCUT2D eigenvalue weighted by Gasteiger charge is -2.12. The van der Waals surface area contributed by atoms with Crippen LogP contribution >= 0.6 is 23.2 Å². The molecule has 0 spiro atoms. The van der Waals surface area contributed by atoms with E-state index in [1.807, 2.05) is 0 Å². The van der Waals surface area contributed by atoms with E-state index in [-0.39, 0.29) is 28.1 Å². The first-order valence-electron chi connectivity index (χ1n) is 5.58. The van der Waals surface area contributed by atoms with Gasteiger partial charge >= 0.3 is 0 Å². The van der Waals surface area contributed by atoms with E-state index in [4.69, 9.17) is 23.2 Å². The zero-order valence-electron chi connectivity index (χ0n) is 10.0. The number of halogens is 3. The number of anilines is 1. The summed E-state index contributed by atoms with van der Waals surface area (Å²) in [6, 6.07) is 2.28. The molecule has 0 radical (unpaired) electrons. The van der Waals surface area contributed by atoms with Gasteiger partial charge in [-0.2, -0.15) is 0 Å². The van der Waals surface area contributed by atoms with Gasteiger partial charge in [-0.3, -0.25) is 9.59 Å². The first kappa shape index (κ1) is 14.1. The molecular weight excluding hydrogens is 294 g/mol. The molecule has 2 rings (SSSR count). The molecule has 102 valence electrons. The predicted octanol–water partition coefficient (Wildman–Crippen LogP) is 2.55. The van der Waals surface area contributed by atoms with Crippen molar-refractivity contribution in [1.29, 1.82) is 0 Å². The molecule has 1 fully saturated rings. The third kappa shape index (κ3) is 2.98. The van der Waals surface area contributed by atoms with Crippen molar-refractivity contribution in [2.24, 2.45) is 5.92 Å². The summed E-state index contributed by atoms with van der Waals surface area (Å²) in [7, 11) is 1.62. The van der Waals surface area contributed by atoms with Gasteiger partial charge in [-0.1, -0.05) is 23.2 Å². The lowest BCUT2D eigenvalue weighted by Crippen LogP contribution is -2.26. The van der Waals surface area contributed by atoms with E-state index in [1.54, 1.807) is 7.05 Å². The number of carbonyl (C=O) groups excluding carboxylic acids is 2. The standard InChI is InChI=1S/C12H11Cl2FN2O2/c1-17-5-6(2-11(17)18)12(19)16-10-4-8(14)7(13)3-9(10)15/h3-4,6H,2,5H2,1H3,(H,16,19). The number of amides is 2. The quantitative estimate of drug-likeness (QED) is 0.854. The van der Waals surface area contributed by atoms with Crippen molar-refractivity contribution in [3.8, 4) is 0 Å². The Kier molecular flexibility index (Phi) is 3.96. The minimum atomic E-state index is -0.666. The summed E-state index contributed by atoms with van der Waals surface area (Å²) in [4.78, 5) is 24.7. The van der Waals surface area contributed by atoms with E-state index >= 15 is 0 Å². The lowest BCUT2D eigenvalue weighted by atomic mass is 10.1. The molecule has 1 aliphatic heterocycles. The summed E-state index contributed by atoms with van der Waals surface area (Å²) < 4.78 is 13.6. The van der Waals surface area contributed by atoms with Crippen molar-refractivity contribution in [1.82, 2.24) is 4.90 Å². The van der Waals surface area contributed by atoms with Crippen molar-refractivity contribution in [2.75, 3.05) is 18.9 Å². The summed E-state index contributed by atoms with van der Waals surface area (Å²) >= 11 is 11.4. The van der Waals surface area contributed by atoms with Gasteiger partial charge in [0.2, 0.25) is 11.8 Å². The number of hydrogen-bond acceptors (Lipinski definition) is 2. The smallest absolute Gasteiger partial charge is 0.229 e. The zero-order chi connectivity index (χ0) is 14.2. The summed E-state index contributed by atoms with van der Waals surface area (Å²) in [5.41, 5.74) is -0.0404. The molecule has 0 aliphatic carbocycles. The summed E-state index contributed by atoms with van der Waals surface area (Å²) in [6.07, 6.45) is 0.130. The maximum absolute atomic E-state index is 13.6. The molecule has 1 unspecified atom stereocenters.